The van der Waals surface area contributed by atoms with Gasteiger partial charge in [-0.25, -0.2) is 0 Å². The number of carbonyl (C=O) groups excluding carboxylic acids is 1. The van der Waals surface area contributed by atoms with Gasteiger partial charge in [0.1, 0.15) is 0 Å². The first kappa shape index (κ1) is 13.0. The maximum atomic E-state index is 12.5. The van der Waals surface area contributed by atoms with Gasteiger partial charge in [0.2, 0.25) is 0 Å². The summed E-state index contributed by atoms with van der Waals surface area (Å²) >= 11 is 1.73. The summed E-state index contributed by atoms with van der Waals surface area (Å²) in [5, 5.41) is 8.60. The predicted octanol–water partition coefficient (Wildman–Crippen LogP) is 3.38. The summed E-state index contributed by atoms with van der Waals surface area (Å²) < 4.78 is 38.0. The summed E-state index contributed by atoms with van der Waals surface area (Å²) in [4.78, 5) is 11.1. The highest BCUT2D eigenvalue weighted by Gasteiger charge is 2.34. The summed E-state index contributed by atoms with van der Waals surface area (Å²) in [5.74, 6) is -0.459. The monoisotopic (exact) mass is 339 g/mol. The zero-order valence-corrected chi connectivity index (χ0v) is 10.2. The summed E-state index contributed by atoms with van der Waals surface area (Å²) in [6, 6.07) is 3.27. The molecule has 16 heavy (non-hydrogen) atoms. The lowest BCUT2D eigenvalue weighted by Crippen LogP contribution is -2.11. The van der Waals surface area contributed by atoms with Crippen molar-refractivity contribution in [2.75, 3.05) is 0 Å². The molecule has 0 aliphatic carbocycles. The molecule has 0 radical (unpaired) electrons. The second kappa shape index (κ2) is 4.41. The Kier molecular flexibility index (Phi) is 3.57. The Labute approximate surface area is 103 Å². The Balaban J connectivity index is 3.55. The van der Waals surface area contributed by atoms with Gasteiger partial charge in [0.05, 0.1) is 17.2 Å². The summed E-state index contributed by atoms with van der Waals surface area (Å²) in [6.07, 6.45) is -4.63. The number of hydrogen-bond acceptors (Lipinski definition) is 2. The number of hydrogen-bond donors (Lipinski definition) is 0. The lowest BCUT2D eigenvalue weighted by molar-refractivity contribution is -0.137. The zero-order valence-electron chi connectivity index (χ0n) is 8.02. The van der Waals surface area contributed by atoms with Gasteiger partial charge in [0.25, 0.3) is 0 Å². The molecule has 6 heteroatoms. The molecule has 0 N–H and O–H groups in total. The van der Waals surface area contributed by atoms with Crippen molar-refractivity contribution >= 4 is 28.4 Å². The SMILES string of the molecule is CC(=O)c1cc(C(F)(F)F)c(C#N)cc1I. The lowest BCUT2D eigenvalue weighted by Gasteiger charge is -2.11. The van der Waals surface area contributed by atoms with Crippen LogP contribution in [0.2, 0.25) is 0 Å². The Morgan fingerprint density at radius 2 is 2.00 bits per heavy atom. The number of Topliss-reactive ketones (excluding diaryl/α,β-unsaturated/α-hetero) is 1. The number of ketones is 1. The van der Waals surface area contributed by atoms with Crippen molar-refractivity contribution in [1.29, 1.82) is 5.26 Å². The molecule has 0 fully saturated rings. The van der Waals surface area contributed by atoms with Crippen LogP contribution in [0, 0.1) is 14.9 Å². The van der Waals surface area contributed by atoms with Crippen molar-refractivity contribution in [3.05, 3.63) is 32.4 Å². The molecule has 0 spiro atoms. The van der Waals surface area contributed by atoms with Crippen LogP contribution in [0.5, 0.6) is 0 Å². The van der Waals surface area contributed by atoms with Gasteiger partial charge in [-0.3, -0.25) is 4.79 Å². The normalized spacial score (nSPS) is 11.0. The van der Waals surface area contributed by atoms with E-state index in [0.29, 0.717) is 3.57 Å². The maximum absolute atomic E-state index is 12.5. The molecular formula is C10H5F3INO. The van der Waals surface area contributed by atoms with Crippen LogP contribution in [0.1, 0.15) is 28.4 Å². The number of alkyl halides is 3. The van der Waals surface area contributed by atoms with E-state index in [2.05, 4.69) is 0 Å². The number of halogens is 4. The fraction of sp³-hybridized carbons (Fsp3) is 0.200. The van der Waals surface area contributed by atoms with Gasteiger partial charge >= 0.3 is 6.18 Å². The molecule has 0 saturated carbocycles. The first-order valence-corrected chi connectivity index (χ1v) is 5.17. The van der Waals surface area contributed by atoms with Crippen LogP contribution in [-0.2, 0) is 6.18 Å². The first-order chi connectivity index (χ1) is 7.27. The van der Waals surface area contributed by atoms with Crippen LogP contribution in [0.4, 0.5) is 13.2 Å². The van der Waals surface area contributed by atoms with Gasteiger partial charge in [-0.1, -0.05) is 0 Å². The molecule has 0 heterocycles. The van der Waals surface area contributed by atoms with Crippen LogP contribution in [0.3, 0.4) is 0 Å². The minimum Gasteiger partial charge on any atom is -0.294 e. The highest BCUT2D eigenvalue weighted by atomic mass is 127. The molecule has 0 amide bonds. The molecule has 0 atom stereocenters. The van der Waals surface area contributed by atoms with Crippen LogP contribution in [0.25, 0.3) is 0 Å². The van der Waals surface area contributed by atoms with E-state index in [1.807, 2.05) is 0 Å². The Hall–Kier alpha value is -1.10. The highest BCUT2D eigenvalue weighted by Crippen LogP contribution is 2.34. The molecule has 0 aromatic heterocycles. The standard InChI is InChI=1S/C10H5F3INO/c1-5(16)7-3-8(10(11,12)13)6(4-15)2-9(7)14/h2-3H,1H3. The predicted molar refractivity (Wildman–Crippen MR) is 58.9 cm³/mol. The van der Waals surface area contributed by atoms with Crippen molar-refractivity contribution in [3.63, 3.8) is 0 Å². The molecule has 0 bridgehead atoms. The van der Waals surface area contributed by atoms with E-state index in [4.69, 9.17) is 5.26 Å². The second-order valence-corrected chi connectivity index (χ2v) is 4.21. The van der Waals surface area contributed by atoms with Gasteiger partial charge in [-0.15, -0.1) is 0 Å². The minimum absolute atomic E-state index is 0.0214. The number of rotatable bonds is 1. The van der Waals surface area contributed by atoms with Gasteiger partial charge in [-0.05, 0) is 41.6 Å². The molecule has 0 aliphatic heterocycles. The molecule has 1 aromatic carbocycles. The third kappa shape index (κ3) is 2.52. The van der Waals surface area contributed by atoms with E-state index in [0.717, 1.165) is 12.1 Å². The van der Waals surface area contributed by atoms with Crippen LogP contribution in [0.15, 0.2) is 12.1 Å². The van der Waals surface area contributed by atoms with Crippen molar-refractivity contribution in [2.45, 2.75) is 13.1 Å². The summed E-state index contributed by atoms with van der Waals surface area (Å²) in [7, 11) is 0. The van der Waals surface area contributed by atoms with Crippen LogP contribution < -0.4 is 0 Å². The Morgan fingerprint density at radius 1 is 1.44 bits per heavy atom. The van der Waals surface area contributed by atoms with Crippen LogP contribution in [-0.4, -0.2) is 5.78 Å². The number of nitrogens with zero attached hydrogens (tertiary/aromatic N) is 1. The maximum Gasteiger partial charge on any atom is 0.417 e. The summed E-state index contributed by atoms with van der Waals surface area (Å²) in [6.45, 7) is 1.18. The first-order valence-electron chi connectivity index (χ1n) is 4.09. The average Bonchev–Trinajstić information content (AvgIpc) is 2.14. The van der Waals surface area contributed by atoms with Crippen molar-refractivity contribution in [2.24, 2.45) is 0 Å². The number of benzene rings is 1. The van der Waals surface area contributed by atoms with Gasteiger partial charge < -0.3 is 0 Å². The second-order valence-electron chi connectivity index (χ2n) is 3.04. The van der Waals surface area contributed by atoms with Gasteiger partial charge in [0, 0.05) is 9.13 Å². The van der Waals surface area contributed by atoms with E-state index in [-0.39, 0.29) is 5.56 Å². The molecule has 84 valence electrons. The lowest BCUT2D eigenvalue weighted by atomic mass is 10.0. The fourth-order valence-electron chi connectivity index (χ4n) is 1.17. The quantitative estimate of drug-likeness (QED) is 0.581. The molecule has 1 rings (SSSR count). The molecule has 0 saturated heterocycles. The van der Waals surface area contributed by atoms with Gasteiger partial charge in [-0.2, -0.15) is 18.4 Å². The molecule has 0 unspecified atom stereocenters. The van der Waals surface area contributed by atoms with Crippen molar-refractivity contribution < 1.29 is 18.0 Å². The Morgan fingerprint density at radius 3 is 2.38 bits per heavy atom. The topological polar surface area (TPSA) is 40.9 Å². The largest absolute Gasteiger partial charge is 0.417 e. The zero-order chi connectivity index (χ0) is 12.5. The average molecular weight is 339 g/mol. The van der Waals surface area contributed by atoms with Crippen molar-refractivity contribution in [3.8, 4) is 6.07 Å². The number of carbonyl (C=O) groups is 1. The van der Waals surface area contributed by atoms with Gasteiger partial charge in [0.15, 0.2) is 5.78 Å². The molecule has 2 nitrogen and oxygen atoms in total. The molecular weight excluding hydrogens is 334 g/mol. The van der Waals surface area contributed by atoms with E-state index in [1.165, 1.54) is 13.0 Å². The highest BCUT2D eigenvalue weighted by molar-refractivity contribution is 14.1. The van der Waals surface area contributed by atoms with Crippen molar-refractivity contribution in [1.82, 2.24) is 0 Å². The van der Waals surface area contributed by atoms with E-state index in [9.17, 15) is 18.0 Å². The third-order valence-electron chi connectivity index (χ3n) is 1.91. The van der Waals surface area contributed by atoms with E-state index >= 15 is 0 Å². The fourth-order valence-corrected chi connectivity index (χ4v) is 2.02. The smallest absolute Gasteiger partial charge is 0.294 e. The van der Waals surface area contributed by atoms with E-state index < -0.39 is 23.1 Å². The third-order valence-corrected chi connectivity index (χ3v) is 2.80. The van der Waals surface area contributed by atoms with Crippen LogP contribution >= 0.6 is 22.6 Å². The van der Waals surface area contributed by atoms with E-state index in [1.54, 1.807) is 22.6 Å². The molecule has 1 aromatic rings. The Bertz CT molecular complexity index is 488. The number of nitriles is 1. The molecule has 0 aliphatic rings. The summed E-state index contributed by atoms with van der Waals surface area (Å²) in [5.41, 5.74) is -1.56. The minimum atomic E-state index is -4.63.